The number of fused-ring (bicyclic) bond motifs is 1. The van der Waals surface area contributed by atoms with Gasteiger partial charge in [-0.15, -0.1) is 0 Å². The van der Waals surface area contributed by atoms with E-state index in [0.717, 1.165) is 5.57 Å². The minimum absolute atomic E-state index is 0.0276. The van der Waals surface area contributed by atoms with Crippen LogP contribution in [0.2, 0.25) is 5.02 Å². The van der Waals surface area contributed by atoms with E-state index in [4.69, 9.17) is 11.6 Å². The third-order valence-corrected chi connectivity index (χ3v) is 6.47. The van der Waals surface area contributed by atoms with Crippen molar-refractivity contribution < 1.29 is 22.7 Å². The van der Waals surface area contributed by atoms with Crippen molar-refractivity contribution in [3.8, 4) is 0 Å². The van der Waals surface area contributed by atoms with Gasteiger partial charge in [-0.05, 0) is 47.3 Å². The van der Waals surface area contributed by atoms with Gasteiger partial charge in [-0.3, -0.25) is 13.8 Å². The van der Waals surface area contributed by atoms with E-state index in [9.17, 15) is 22.7 Å². The van der Waals surface area contributed by atoms with Gasteiger partial charge in [0.25, 0.3) is 5.91 Å². The Morgan fingerprint density at radius 3 is 2.90 bits per heavy atom. The summed E-state index contributed by atoms with van der Waals surface area (Å²) in [6, 6.07) is 4.04. The molecule has 0 spiro atoms. The van der Waals surface area contributed by atoms with E-state index < -0.39 is 28.7 Å². The second kappa shape index (κ2) is 8.37. The van der Waals surface area contributed by atoms with Crippen molar-refractivity contribution in [3.63, 3.8) is 0 Å². The molecule has 3 aliphatic rings. The molecular weight excluding hydrogens is 447 g/mol. The third-order valence-electron chi connectivity index (χ3n) is 5.33. The Bertz CT molecular complexity index is 1140. The molecule has 0 saturated carbocycles. The quantitative estimate of drug-likeness (QED) is 0.590. The zero-order valence-electron chi connectivity index (χ0n) is 16.2. The van der Waals surface area contributed by atoms with Gasteiger partial charge < -0.3 is 20.6 Å². The molecule has 4 rings (SSSR count). The molecule has 31 heavy (non-hydrogen) atoms. The fourth-order valence-corrected chi connectivity index (χ4v) is 4.62. The molecule has 2 heterocycles. The third kappa shape index (κ3) is 4.18. The van der Waals surface area contributed by atoms with E-state index in [0.29, 0.717) is 11.3 Å². The van der Waals surface area contributed by atoms with E-state index in [1.165, 1.54) is 18.2 Å². The van der Waals surface area contributed by atoms with Crippen LogP contribution in [0.5, 0.6) is 0 Å². The lowest BCUT2D eigenvalue weighted by Gasteiger charge is -2.28. The Kier molecular flexibility index (Phi) is 5.78. The van der Waals surface area contributed by atoms with E-state index in [1.54, 1.807) is 19.2 Å². The second-order valence-electron chi connectivity index (χ2n) is 7.33. The van der Waals surface area contributed by atoms with E-state index in [-0.39, 0.29) is 46.0 Å². The number of carbonyl (C=O) groups excluding carboxylic acids is 2. The predicted molar refractivity (Wildman–Crippen MR) is 111 cm³/mol. The van der Waals surface area contributed by atoms with Crippen molar-refractivity contribution >= 4 is 40.7 Å². The molecule has 162 valence electrons. The van der Waals surface area contributed by atoms with Gasteiger partial charge >= 0.3 is 0 Å². The first-order chi connectivity index (χ1) is 14.7. The van der Waals surface area contributed by atoms with Crippen molar-refractivity contribution in [1.82, 2.24) is 16.1 Å². The Morgan fingerprint density at radius 1 is 1.39 bits per heavy atom. The topological polar surface area (TPSA) is 123 Å². The van der Waals surface area contributed by atoms with Gasteiger partial charge in [0.1, 0.15) is 5.83 Å². The first-order valence-electron chi connectivity index (χ1n) is 9.34. The number of benzene rings is 1. The lowest BCUT2D eigenvalue weighted by Crippen LogP contribution is -2.38. The number of amides is 2. The average Bonchev–Trinajstić information content (AvgIpc) is 3.14. The molecule has 3 atom stereocenters. The summed E-state index contributed by atoms with van der Waals surface area (Å²) in [6.07, 6.45) is 3.05. The summed E-state index contributed by atoms with van der Waals surface area (Å²) in [4.78, 5) is 25.2. The number of nitrogens with zero attached hydrogens (tertiary/aromatic N) is 1. The Morgan fingerprint density at radius 2 is 2.16 bits per heavy atom. The SMILES string of the molecule is CC1=C(C(=O)NC2=C(F)CC3NN=CC3=C2)C(c2ccc(Cl)c(S(=O)[O-])c2)CC(=O)N1. The maximum atomic E-state index is 14.5. The maximum Gasteiger partial charge on any atom is 0.254 e. The van der Waals surface area contributed by atoms with Crippen LogP contribution in [-0.2, 0) is 20.7 Å². The molecule has 0 saturated heterocycles. The molecule has 2 amide bonds. The van der Waals surface area contributed by atoms with Gasteiger partial charge in [0.05, 0.1) is 23.0 Å². The van der Waals surface area contributed by atoms with Crippen molar-refractivity contribution in [2.75, 3.05) is 0 Å². The van der Waals surface area contributed by atoms with Gasteiger partial charge in [0, 0.05) is 34.9 Å². The highest BCUT2D eigenvalue weighted by atomic mass is 35.5. The van der Waals surface area contributed by atoms with Crippen LogP contribution in [0, 0.1) is 0 Å². The van der Waals surface area contributed by atoms with Crippen molar-refractivity contribution in [2.24, 2.45) is 5.10 Å². The number of hydrogen-bond donors (Lipinski definition) is 3. The van der Waals surface area contributed by atoms with Crippen LogP contribution in [0.3, 0.4) is 0 Å². The molecule has 0 bridgehead atoms. The summed E-state index contributed by atoms with van der Waals surface area (Å²) in [6.45, 7) is 1.56. The number of nitrogens with one attached hydrogen (secondary N) is 3. The fourth-order valence-electron chi connectivity index (χ4n) is 3.85. The summed E-state index contributed by atoms with van der Waals surface area (Å²) in [5, 5.41) is 9.14. The first-order valence-corrected chi connectivity index (χ1v) is 10.8. The minimum Gasteiger partial charge on any atom is -0.768 e. The summed E-state index contributed by atoms with van der Waals surface area (Å²) >= 11 is 3.35. The molecule has 11 heteroatoms. The lowest BCUT2D eigenvalue weighted by molar-refractivity contribution is -0.121. The standard InChI is InChI=1S/C20H18ClFN4O4S/c1-9-19(20(28)25-16-4-11-8-23-26-15(11)7-14(16)22)12(6-18(27)24-9)10-2-3-13(21)17(5-10)31(29)30/h2-5,8,12,15,26H,6-7H2,1H3,(H,24,27)(H,25,28)(H,29,30)/p-1. The normalized spacial score (nSPS) is 23.7. The van der Waals surface area contributed by atoms with Crippen LogP contribution in [0.25, 0.3) is 0 Å². The zero-order valence-corrected chi connectivity index (χ0v) is 17.8. The second-order valence-corrected chi connectivity index (χ2v) is 8.65. The van der Waals surface area contributed by atoms with Crippen molar-refractivity contribution in [3.05, 3.63) is 63.2 Å². The molecule has 0 aromatic heterocycles. The number of halogens is 2. The number of allylic oxidation sites excluding steroid dienone is 2. The Hall–Kier alpha value is -2.82. The highest BCUT2D eigenvalue weighted by molar-refractivity contribution is 7.79. The Labute approximate surface area is 184 Å². The molecule has 1 aliphatic carbocycles. The first kappa shape index (κ1) is 21.4. The smallest absolute Gasteiger partial charge is 0.254 e. The molecule has 8 nitrogen and oxygen atoms in total. The number of rotatable bonds is 4. The molecule has 3 unspecified atom stereocenters. The molecule has 0 radical (unpaired) electrons. The zero-order chi connectivity index (χ0) is 22.3. The predicted octanol–water partition coefficient (Wildman–Crippen LogP) is 2.04. The van der Waals surface area contributed by atoms with Gasteiger partial charge in [0.15, 0.2) is 0 Å². The van der Waals surface area contributed by atoms with Crippen LogP contribution in [0.4, 0.5) is 4.39 Å². The average molecular weight is 464 g/mol. The van der Waals surface area contributed by atoms with E-state index >= 15 is 0 Å². The summed E-state index contributed by atoms with van der Waals surface area (Å²) in [5.41, 5.74) is 4.51. The number of hydrazone groups is 1. The van der Waals surface area contributed by atoms with Crippen LogP contribution in [0.15, 0.2) is 62.6 Å². The van der Waals surface area contributed by atoms with Crippen LogP contribution in [-0.4, -0.2) is 32.8 Å². The van der Waals surface area contributed by atoms with Crippen LogP contribution >= 0.6 is 11.6 Å². The largest absolute Gasteiger partial charge is 0.768 e. The molecule has 1 aromatic rings. The van der Waals surface area contributed by atoms with Crippen LogP contribution in [0.1, 0.15) is 31.2 Å². The van der Waals surface area contributed by atoms with Gasteiger partial charge in [-0.25, -0.2) is 4.39 Å². The lowest BCUT2D eigenvalue weighted by atomic mass is 9.84. The fraction of sp³-hybridized carbons (Fsp3) is 0.250. The minimum atomic E-state index is -2.59. The Balaban J connectivity index is 1.68. The molecule has 1 aromatic carbocycles. The molecule has 2 aliphatic heterocycles. The van der Waals surface area contributed by atoms with E-state index in [1.807, 2.05) is 0 Å². The van der Waals surface area contributed by atoms with Crippen molar-refractivity contribution in [1.29, 1.82) is 0 Å². The highest BCUT2D eigenvalue weighted by Crippen LogP contribution is 2.36. The van der Waals surface area contributed by atoms with Gasteiger partial charge in [-0.1, -0.05) is 17.7 Å². The van der Waals surface area contributed by atoms with Gasteiger partial charge in [-0.2, -0.15) is 5.10 Å². The van der Waals surface area contributed by atoms with Crippen LogP contribution < -0.4 is 16.1 Å². The highest BCUT2D eigenvalue weighted by Gasteiger charge is 2.33. The monoisotopic (exact) mass is 463 g/mol. The van der Waals surface area contributed by atoms with Crippen molar-refractivity contribution in [2.45, 2.75) is 36.6 Å². The molecular formula is C20H17ClFN4O4S-. The van der Waals surface area contributed by atoms with Gasteiger partial charge in [0.2, 0.25) is 5.91 Å². The summed E-state index contributed by atoms with van der Waals surface area (Å²) < 4.78 is 37.5. The number of hydrogen-bond acceptors (Lipinski definition) is 6. The van der Waals surface area contributed by atoms with E-state index in [2.05, 4.69) is 21.2 Å². The summed E-state index contributed by atoms with van der Waals surface area (Å²) in [5.74, 6) is -2.13. The molecule has 3 N–H and O–H groups in total. The number of carbonyl (C=O) groups is 2. The maximum absolute atomic E-state index is 14.5. The summed E-state index contributed by atoms with van der Waals surface area (Å²) in [7, 11) is 0. The molecule has 0 fully saturated rings.